The first-order valence-corrected chi connectivity index (χ1v) is 5.95. The lowest BCUT2D eigenvalue weighted by Crippen LogP contribution is -2.14. The van der Waals surface area contributed by atoms with Crippen molar-refractivity contribution in [3.8, 4) is 0 Å². The Balaban J connectivity index is 2.26. The maximum Gasteiger partial charge on any atom is 0.311 e. The zero-order valence-electron chi connectivity index (χ0n) is 8.97. The third kappa shape index (κ3) is 2.97. The molecule has 0 saturated carbocycles. The first-order valence-electron chi connectivity index (χ1n) is 5.16. The number of aliphatic carboxylic acids is 1. The Labute approximate surface area is 107 Å². The van der Waals surface area contributed by atoms with Crippen LogP contribution >= 0.6 is 15.9 Å². The molecular formula is C13H11BrO3. The average Bonchev–Trinajstić information content (AvgIpc) is 2.78. The lowest BCUT2D eigenvalue weighted by molar-refractivity contribution is -0.138. The molecule has 0 bridgehead atoms. The maximum atomic E-state index is 11.3. The van der Waals surface area contributed by atoms with Crippen molar-refractivity contribution in [3.63, 3.8) is 0 Å². The zero-order valence-corrected chi connectivity index (χ0v) is 10.6. The van der Waals surface area contributed by atoms with E-state index in [1.165, 1.54) is 0 Å². The highest BCUT2D eigenvalue weighted by molar-refractivity contribution is 9.10. The van der Waals surface area contributed by atoms with E-state index in [1.807, 2.05) is 24.3 Å². The molecule has 0 aliphatic rings. The lowest BCUT2D eigenvalue weighted by atomic mass is 9.93. The highest BCUT2D eigenvalue weighted by Gasteiger charge is 2.20. The summed E-state index contributed by atoms with van der Waals surface area (Å²) in [5, 5.41) is 9.27. The molecule has 1 aromatic heterocycles. The molecule has 0 aliphatic carbocycles. The van der Waals surface area contributed by atoms with Gasteiger partial charge in [0, 0.05) is 4.47 Å². The SMILES string of the molecule is O=C(O)C(Cc1ccoc1)c1cccc(Br)c1. The molecule has 0 amide bonds. The number of carboxylic acid groups (broad SMARTS) is 1. The van der Waals surface area contributed by atoms with Crippen LogP contribution in [-0.2, 0) is 11.2 Å². The minimum absolute atomic E-state index is 0.433. The van der Waals surface area contributed by atoms with Crippen molar-refractivity contribution in [3.05, 3.63) is 58.5 Å². The fraction of sp³-hybridized carbons (Fsp3) is 0.154. The minimum atomic E-state index is -0.829. The van der Waals surface area contributed by atoms with Crippen molar-refractivity contribution >= 4 is 21.9 Å². The quantitative estimate of drug-likeness (QED) is 0.939. The first-order chi connectivity index (χ1) is 8.16. The molecule has 3 nitrogen and oxygen atoms in total. The topological polar surface area (TPSA) is 50.4 Å². The van der Waals surface area contributed by atoms with Crippen LogP contribution in [-0.4, -0.2) is 11.1 Å². The second-order valence-corrected chi connectivity index (χ2v) is 4.70. The Morgan fingerprint density at radius 2 is 2.24 bits per heavy atom. The predicted octanol–water partition coefficient (Wildman–Crippen LogP) is 3.45. The predicted molar refractivity (Wildman–Crippen MR) is 66.9 cm³/mol. The Hall–Kier alpha value is -1.55. The van der Waals surface area contributed by atoms with E-state index < -0.39 is 11.9 Å². The number of furan rings is 1. The van der Waals surface area contributed by atoms with Crippen molar-refractivity contribution in [2.45, 2.75) is 12.3 Å². The van der Waals surface area contributed by atoms with E-state index in [1.54, 1.807) is 18.6 Å². The summed E-state index contributed by atoms with van der Waals surface area (Å²) in [6, 6.07) is 9.15. The van der Waals surface area contributed by atoms with Crippen LogP contribution in [0.4, 0.5) is 0 Å². The van der Waals surface area contributed by atoms with E-state index in [0.717, 1.165) is 15.6 Å². The molecule has 88 valence electrons. The lowest BCUT2D eigenvalue weighted by Gasteiger charge is -2.11. The Kier molecular flexibility index (Phi) is 3.64. The summed E-state index contributed by atoms with van der Waals surface area (Å²) in [7, 11) is 0. The van der Waals surface area contributed by atoms with Gasteiger partial charge in [-0.25, -0.2) is 0 Å². The summed E-state index contributed by atoms with van der Waals surface area (Å²) in [6.45, 7) is 0. The van der Waals surface area contributed by atoms with E-state index >= 15 is 0 Å². The Morgan fingerprint density at radius 1 is 1.41 bits per heavy atom. The molecule has 0 aliphatic heterocycles. The van der Waals surface area contributed by atoms with Gasteiger partial charge in [0.2, 0.25) is 0 Å². The third-order valence-electron chi connectivity index (χ3n) is 2.57. The number of carboxylic acids is 1. The molecule has 0 fully saturated rings. The van der Waals surface area contributed by atoms with Gasteiger partial charge in [-0.1, -0.05) is 28.1 Å². The van der Waals surface area contributed by atoms with Crippen molar-refractivity contribution in [2.24, 2.45) is 0 Å². The van der Waals surface area contributed by atoms with Gasteiger partial charge in [0.05, 0.1) is 18.4 Å². The molecule has 0 spiro atoms. The molecule has 1 N–H and O–H groups in total. The largest absolute Gasteiger partial charge is 0.481 e. The highest BCUT2D eigenvalue weighted by atomic mass is 79.9. The smallest absolute Gasteiger partial charge is 0.311 e. The normalized spacial score (nSPS) is 12.3. The standard InChI is InChI=1S/C13H11BrO3/c14-11-3-1-2-10(7-11)12(13(15)16)6-9-4-5-17-8-9/h1-5,7-8,12H,6H2,(H,15,16). The fourth-order valence-electron chi connectivity index (χ4n) is 1.72. The molecule has 0 saturated heterocycles. The molecule has 1 heterocycles. The van der Waals surface area contributed by atoms with Gasteiger partial charge in [-0.3, -0.25) is 4.79 Å². The number of carbonyl (C=O) groups is 1. The molecule has 1 atom stereocenters. The van der Waals surface area contributed by atoms with Crippen LogP contribution in [0.1, 0.15) is 17.0 Å². The van der Waals surface area contributed by atoms with Crippen LogP contribution < -0.4 is 0 Å². The van der Waals surface area contributed by atoms with Crippen LogP contribution in [0.25, 0.3) is 0 Å². The van der Waals surface area contributed by atoms with Crippen molar-refractivity contribution in [2.75, 3.05) is 0 Å². The number of rotatable bonds is 4. The average molecular weight is 295 g/mol. The van der Waals surface area contributed by atoms with Gasteiger partial charge < -0.3 is 9.52 Å². The molecule has 0 radical (unpaired) electrons. The van der Waals surface area contributed by atoms with Gasteiger partial charge in [0.15, 0.2) is 0 Å². The molecule has 2 aromatic rings. The number of hydrogen-bond acceptors (Lipinski definition) is 2. The van der Waals surface area contributed by atoms with Gasteiger partial charge in [0.25, 0.3) is 0 Å². The summed E-state index contributed by atoms with van der Waals surface area (Å²) in [6.07, 6.45) is 3.56. The maximum absolute atomic E-state index is 11.3. The van der Waals surface area contributed by atoms with Crippen LogP contribution in [0.3, 0.4) is 0 Å². The molecule has 17 heavy (non-hydrogen) atoms. The monoisotopic (exact) mass is 294 g/mol. The van der Waals surface area contributed by atoms with Crippen LogP contribution in [0.15, 0.2) is 51.7 Å². The van der Waals surface area contributed by atoms with Crippen molar-refractivity contribution in [1.82, 2.24) is 0 Å². The molecule has 1 unspecified atom stereocenters. The second kappa shape index (κ2) is 5.19. The third-order valence-corrected chi connectivity index (χ3v) is 3.06. The van der Waals surface area contributed by atoms with Crippen LogP contribution in [0.2, 0.25) is 0 Å². The number of hydrogen-bond donors (Lipinski definition) is 1. The van der Waals surface area contributed by atoms with E-state index in [2.05, 4.69) is 15.9 Å². The van der Waals surface area contributed by atoms with Gasteiger partial charge in [-0.05, 0) is 35.7 Å². The molecular weight excluding hydrogens is 284 g/mol. The Bertz CT molecular complexity index is 505. The highest BCUT2D eigenvalue weighted by Crippen LogP contribution is 2.24. The number of benzene rings is 1. The van der Waals surface area contributed by atoms with Gasteiger partial charge in [-0.15, -0.1) is 0 Å². The fourth-order valence-corrected chi connectivity index (χ4v) is 2.13. The van der Waals surface area contributed by atoms with E-state index in [9.17, 15) is 9.90 Å². The summed E-state index contributed by atoms with van der Waals surface area (Å²) in [5.74, 6) is -1.38. The second-order valence-electron chi connectivity index (χ2n) is 3.78. The summed E-state index contributed by atoms with van der Waals surface area (Å²) < 4.78 is 5.84. The number of halogens is 1. The van der Waals surface area contributed by atoms with Gasteiger partial charge >= 0.3 is 5.97 Å². The zero-order chi connectivity index (χ0) is 12.3. The summed E-state index contributed by atoms with van der Waals surface area (Å²) >= 11 is 3.35. The summed E-state index contributed by atoms with van der Waals surface area (Å²) in [5.41, 5.74) is 1.67. The van der Waals surface area contributed by atoms with Gasteiger partial charge in [-0.2, -0.15) is 0 Å². The van der Waals surface area contributed by atoms with E-state index in [-0.39, 0.29) is 0 Å². The van der Waals surface area contributed by atoms with Crippen LogP contribution in [0, 0.1) is 0 Å². The van der Waals surface area contributed by atoms with Crippen LogP contribution in [0.5, 0.6) is 0 Å². The molecule has 1 aromatic carbocycles. The Morgan fingerprint density at radius 3 is 2.82 bits per heavy atom. The molecule has 4 heteroatoms. The van der Waals surface area contributed by atoms with E-state index in [4.69, 9.17) is 4.42 Å². The van der Waals surface area contributed by atoms with Crippen molar-refractivity contribution < 1.29 is 14.3 Å². The minimum Gasteiger partial charge on any atom is -0.481 e. The molecule has 2 rings (SSSR count). The summed E-state index contributed by atoms with van der Waals surface area (Å²) in [4.78, 5) is 11.3. The van der Waals surface area contributed by atoms with E-state index in [0.29, 0.717) is 6.42 Å². The van der Waals surface area contributed by atoms with Gasteiger partial charge in [0.1, 0.15) is 0 Å². The first kappa shape index (κ1) is 11.9. The van der Waals surface area contributed by atoms with Crippen molar-refractivity contribution in [1.29, 1.82) is 0 Å².